The van der Waals surface area contributed by atoms with Crippen LogP contribution in [0.4, 0.5) is 33.5 Å². The van der Waals surface area contributed by atoms with Gasteiger partial charge in [0.25, 0.3) is 0 Å². The van der Waals surface area contributed by atoms with Crippen molar-refractivity contribution in [3.63, 3.8) is 0 Å². The van der Waals surface area contributed by atoms with Crippen LogP contribution in [-0.4, -0.2) is 75.1 Å². The Morgan fingerprint density at radius 3 is 2.70 bits per heavy atom. The van der Waals surface area contributed by atoms with Crippen molar-refractivity contribution in [1.29, 1.82) is 0 Å². The standard InChI is InChI=1S/C29H32ClF5N6O2/c1-2-28(42)6-4-7-40(14-28)25-19-12-37-23(18-9-17(36)10-20(30)21(18)29(33,34)35)22(32)24(19)38-26(39-25)43-15-27-5-3-8-41(27)13-16(31)11-27/h9-10,12,16,42H,2-8,11,13-15,36H2,1H3/t16-,27+,28?/m1/s1. The fourth-order valence-electron chi connectivity index (χ4n) is 6.85. The molecule has 0 radical (unpaired) electrons. The number of anilines is 2. The van der Waals surface area contributed by atoms with Gasteiger partial charge in [0, 0.05) is 43.5 Å². The highest BCUT2D eigenvalue weighted by Gasteiger charge is 2.49. The average molecular weight is 627 g/mol. The normalized spacial score (nSPS) is 26.3. The van der Waals surface area contributed by atoms with Gasteiger partial charge in [-0.25, -0.2) is 8.78 Å². The van der Waals surface area contributed by atoms with Crippen LogP contribution in [0.2, 0.25) is 5.02 Å². The minimum absolute atomic E-state index is 0.0693. The zero-order valence-electron chi connectivity index (χ0n) is 23.5. The lowest BCUT2D eigenvalue weighted by atomic mass is 9.90. The number of pyridine rings is 1. The number of halogens is 6. The van der Waals surface area contributed by atoms with Crippen LogP contribution < -0.4 is 15.4 Å². The Labute approximate surface area is 250 Å². The van der Waals surface area contributed by atoms with Crippen molar-refractivity contribution in [3.05, 3.63) is 34.7 Å². The molecule has 0 saturated carbocycles. The van der Waals surface area contributed by atoms with Crippen LogP contribution in [0.5, 0.6) is 6.01 Å². The van der Waals surface area contributed by atoms with E-state index in [0.29, 0.717) is 38.8 Å². The number of alkyl halides is 4. The molecule has 0 bridgehead atoms. The van der Waals surface area contributed by atoms with Gasteiger partial charge >= 0.3 is 12.2 Å². The molecule has 0 amide bonds. The summed E-state index contributed by atoms with van der Waals surface area (Å²) in [4.78, 5) is 16.8. The Morgan fingerprint density at radius 2 is 1.95 bits per heavy atom. The molecule has 2 aromatic heterocycles. The summed E-state index contributed by atoms with van der Waals surface area (Å²) in [6, 6.07) is 1.72. The van der Waals surface area contributed by atoms with Crippen molar-refractivity contribution >= 4 is 34.0 Å². The summed E-state index contributed by atoms with van der Waals surface area (Å²) in [7, 11) is 0. The average Bonchev–Trinajstić information content (AvgIpc) is 3.46. The summed E-state index contributed by atoms with van der Waals surface area (Å²) in [5.41, 5.74) is 1.32. The van der Waals surface area contributed by atoms with Gasteiger partial charge in [0.2, 0.25) is 0 Å². The van der Waals surface area contributed by atoms with Crippen molar-refractivity contribution in [3.8, 4) is 17.3 Å². The number of aliphatic hydroxyl groups is 1. The molecule has 5 heterocycles. The van der Waals surface area contributed by atoms with Crippen molar-refractivity contribution in [2.45, 2.75) is 68.9 Å². The van der Waals surface area contributed by atoms with Gasteiger partial charge in [0.1, 0.15) is 29.8 Å². The molecule has 3 aromatic rings. The van der Waals surface area contributed by atoms with Crippen molar-refractivity contribution < 1.29 is 31.8 Å². The first-order valence-electron chi connectivity index (χ1n) is 14.3. The molecule has 3 saturated heterocycles. The second kappa shape index (κ2) is 10.8. The Kier molecular flexibility index (Phi) is 7.57. The third-order valence-electron chi connectivity index (χ3n) is 9.04. The molecular formula is C29H32ClF5N6O2. The summed E-state index contributed by atoms with van der Waals surface area (Å²) in [5.74, 6) is -0.895. The van der Waals surface area contributed by atoms with Gasteiger partial charge in [0.05, 0.1) is 27.1 Å². The number of hydrogen-bond donors (Lipinski definition) is 2. The van der Waals surface area contributed by atoms with Crippen molar-refractivity contribution in [2.75, 3.05) is 43.4 Å². The molecule has 3 aliphatic heterocycles. The van der Waals surface area contributed by atoms with E-state index in [1.807, 2.05) is 6.92 Å². The van der Waals surface area contributed by atoms with Crippen molar-refractivity contribution in [2.24, 2.45) is 0 Å². The van der Waals surface area contributed by atoms with Gasteiger partial charge in [-0.3, -0.25) is 9.88 Å². The first kappa shape index (κ1) is 30.0. The van der Waals surface area contributed by atoms with Crippen LogP contribution in [0.25, 0.3) is 22.2 Å². The van der Waals surface area contributed by atoms with Gasteiger partial charge in [-0.05, 0) is 50.8 Å². The Bertz CT molecular complexity index is 1560. The number of ether oxygens (including phenoxy) is 1. The number of nitrogen functional groups attached to an aromatic ring is 1. The molecule has 3 N–H and O–H groups in total. The maximum Gasteiger partial charge on any atom is 0.418 e. The molecule has 3 fully saturated rings. The molecule has 3 aliphatic rings. The molecule has 6 rings (SSSR count). The quantitative estimate of drug-likeness (QED) is 0.262. The topological polar surface area (TPSA) is 101 Å². The number of aromatic nitrogens is 3. The van der Waals surface area contributed by atoms with Gasteiger partial charge in [-0.15, -0.1) is 0 Å². The summed E-state index contributed by atoms with van der Waals surface area (Å²) < 4.78 is 78.9. The maximum absolute atomic E-state index is 16.4. The van der Waals surface area contributed by atoms with E-state index in [4.69, 9.17) is 22.1 Å². The highest BCUT2D eigenvalue weighted by Crippen LogP contribution is 2.45. The van der Waals surface area contributed by atoms with Crippen LogP contribution in [0.15, 0.2) is 18.3 Å². The third kappa shape index (κ3) is 5.44. The zero-order valence-corrected chi connectivity index (χ0v) is 24.3. The van der Waals surface area contributed by atoms with Crippen molar-refractivity contribution in [1.82, 2.24) is 19.9 Å². The van der Waals surface area contributed by atoms with Gasteiger partial charge in [0.15, 0.2) is 5.82 Å². The van der Waals surface area contributed by atoms with E-state index >= 15 is 4.39 Å². The minimum Gasteiger partial charge on any atom is -0.461 e. The predicted octanol–water partition coefficient (Wildman–Crippen LogP) is 5.78. The summed E-state index contributed by atoms with van der Waals surface area (Å²) >= 11 is 5.93. The molecule has 43 heavy (non-hydrogen) atoms. The monoisotopic (exact) mass is 626 g/mol. The van der Waals surface area contributed by atoms with Gasteiger partial charge in [-0.1, -0.05) is 18.5 Å². The van der Waals surface area contributed by atoms with Gasteiger partial charge in [-0.2, -0.15) is 23.1 Å². The highest BCUT2D eigenvalue weighted by molar-refractivity contribution is 6.32. The number of rotatable bonds is 6. The molecule has 1 unspecified atom stereocenters. The molecule has 0 spiro atoms. The van der Waals surface area contributed by atoms with E-state index in [-0.39, 0.29) is 41.6 Å². The van der Waals surface area contributed by atoms with Crippen LogP contribution in [0.1, 0.15) is 51.0 Å². The lowest BCUT2D eigenvalue weighted by molar-refractivity contribution is -0.137. The second-order valence-electron chi connectivity index (χ2n) is 11.9. The Balaban J connectivity index is 1.48. The molecule has 14 heteroatoms. The zero-order chi connectivity index (χ0) is 30.7. The number of fused-ring (bicyclic) bond motifs is 2. The Hall–Kier alpha value is -3.03. The molecule has 0 aliphatic carbocycles. The van der Waals surface area contributed by atoms with E-state index < -0.39 is 51.1 Å². The lowest BCUT2D eigenvalue weighted by Gasteiger charge is -2.39. The molecule has 8 nitrogen and oxygen atoms in total. The first-order valence-corrected chi connectivity index (χ1v) is 14.7. The Morgan fingerprint density at radius 1 is 1.19 bits per heavy atom. The number of benzene rings is 1. The molecular weight excluding hydrogens is 595 g/mol. The largest absolute Gasteiger partial charge is 0.461 e. The number of β-amino-alcohol motifs (C(OH)–C–C–N with tert-alkyl or cyclic N) is 1. The van der Waals surface area contributed by atoms with Gasteiger partial charge < -0.3 is 20.5 Å². The fraction of sp³-hybridized carbons (Fsp3) is 0.552. The third-order valence-corrected chi connectivity index (χ3v) is 9.34. The highest BCUT2D eigenvalue weighted by atomic mass is 35.5. The predicted molar refractivity (Wildman–Crippen MR) is 152 cm³/mol. The lowest BCUT2D eigenvalue weighted by Crippen LogP contribution is -2.48. The van der Waals surface area contributed by atoms with Crippen LogP contribution in [0, 0.1) is 5.82 Å². The number of nitrogens with two attached hydrogens (primary N) is 1. The molecule has 232 valence electrons. The first-order chi connectivity index (χ1) is 20.3. The fourth-order valence-corrected chi connectivity index (χ4v) is 7.18. The second-order valence-corrected chi connectivity index (χ2v) is 12.3. The number of hydrogen-bond acceptors (Lipinski definition) is 8. The smallest absolute Gasteiger partial charge is 0.418 e. The number of nitrogens with zero attached hydrogens (tertiary/aromatic N) is 5. The van der Waals surface area contributed by atoms with E-state index in [9.17, 15) is 22.7 Å². The molecule has 3 atom stereocenters. The number of piperidine rings is 1. The SMILES string of the molecule is CCC1(O)CCCN(c2nc(OC[C@@]34CCCN3C[C@H](F)C4)nc3c(F)c(-c4cc(N)cc(Cl)c4C(F)(F)F)ncc23)C1. The van der Waals surface area contributed by atoms with E-state index in [1.165, 1.54) is 6.20 Å². The van der Waals surface area contributed by atoms with Crippen LogP contribution in [-0.2, 0) is 6.18 Å². The summed E-state index contributed by atoms with van der Waals surface area (Å²) in [5, 5.41) is 10.5. The van der Waals surface area contributed by atoms with E-state index in [1.54, 1.807) is 4.90 Å². The van der Waals surface area contributed by atoms with Crippen LogP contribution >= 0.6 is 11.6 Å². The minimum atomic E-state index is -4.92. The van der Waals surface area contributed by atoms with E-state index in [0.717, 1.165) is 31.5 Å². The summed E-state index contributed by atoms with van der Waals surface area (Å²) in [6.07, 6.45) is -1.11. The van der Waals surface area contributed by atoms with Crippen LogP contribution in [0.3, 0.4) is 0 Å². The summed E-state index contributed by atoms with van der Waals surface area (Å²) in [6.45, 7) is 3.67. The van der Waals surface area contributed by atoms with E-state index in [2.05, 4.69) is 19.9 Å². The maximum atomic E-state index is 16.4. The molecule has 1 aromatic carbocycles.